The van der Waals surface area contributed by atoms with Gasteiger partial charge in [0.25, 0.3) is 15.6 Å². The fraction of sp³-hybridized carbons (Fsp3) is 0.458. The van der Waals surface area contributed by atoms with Crippen molar-refractivity contribution in [1.29, 1.82) is 0 Å². The maximum absolute atomic E-state index is 13.3. The first-order valence-electron chi connectivity index (χ1n) is 11.5. The molecule has 0 amide bonds. The number of methoxy groups -OCH3 is 1. The van der Waals surface area contributed by atoms with Crippen molar-refractivity contribution >= 4 is 26.6 Å². The molecule has 2 N–H and O–H groups in total. The van der Waals surface area contributed by atoms with Crippen LogP contribution in [0, 0.1) is 13.8 Å². The lowest BCUT2D eigenvalue weighted by molar-refractivity contribution is -0.0539. The largest absolute Gasteiger partial charge is 0.379 e. The predicted molar refractivity (Wildman–Crippen MR) is 133 cm³/mol. The van der Waals surface area contributed by atoms with Gasteiger partial charge >= 0.3 is 0 Å². The number of nitrogens with two attached hydrogens (primary N) is 1. The van der Waals surface area contributed by atoms with Crippen molar-refractivity contribution in [2.75, 3.05) is 31.7 Å². The molecule has 2 atom stereocenters. The Morgan fingerprint density at radius 3 is 2.69 bits per heavy atom. The second-order valence-corrected chi connectivity index (χ2v) is 10.3. The molecule has 1 aromatic carbocycles. The summed E-state index contributed by atoms with van der Waals surface area (Å²) in [6, 6.07) is 8.80. The number of nitrogens with zero attached hydrogens (tertiary/aromatic N) is 4. The highest BCUT2D eigenvalue weighted by Crippen LogP contribution is 2.23. The van der Waals surface area contributed by atoms with E-state index in [4.69, 9.17) is 19.6 Å². The van der Waals surface area contributed by atoms with Gasteiger partial charge in [0, 0.05) is 38.1 Å². The van der Waals surface area contributed by atoms with Crippen LogP contribution in [0.25, 0.3) is 10.9 Å². The molecule has 0 aliphatic carbocycles. The molecule has 1 aliphatic rings. The summed E-state index contributed by atoms with van der Waals surface area (Å²) < 4.78 is 36.0. The summed E-state index contributed by atoms with van der Waals surface area (Å²) in [6.07, 6.45) is 0.465. The average Bonchev–Trinajstić information content (AvgIpc) is 2.83. The van der Waals surface area contributed by atoms with Gasteiger partial charge in [-0.1, -0.05) is 6.07 Å². The van der Waals surface area contributed by atoms with Crippen molar-refractivity contribution in [2.45, 2.75) is 51.0 Å². The Bertz CT molecular complexity index is 1410. The number of fused-ring (bicyclic) bond motifs is 1. The summed E-state index contributed by atoms with van der Waals surface area (Å²) in [4.78, 5) is 24.3. The van der Waals surface area contributed by atoms with Crippen LogP contribution in [-0.4, -0.2) is 62.0 Å². The van der Waals surface area contributed by atoms with Gasteiger partial charge in [-0.25, -0.2) is 23.5 Å². The highest BCUT2D eigenvalue weighted by Gasteiger charge is 2.26. The smallest absolute Gasteiger partial charge is 0.261 e. The minimum atomic E-state index is -3.86. The molecule has 0 unspecified atom stereocenters. The molecule has 0 saturated carbocycles. The van der Waals surface area contributed by atoms with E-state index in [9.17, 15) is 13.2 Å². The molecule has 3 heterocycles. The van der Waals surface area contributed by atoms with Crippen molar-refractivity contribution in [2.24, 2.45) is 5.14 Å². The van der Waals surface area contributed by atoms with Gasteiger partial charge in [0.1, 0.15) is 11.9 Å². The number of sulfonamides is 1. The standard InChI is InChI=1S/C24H31N5O5S/c1-15-18(5-8-23(26-15)35(25,31)32)9-10-29-17(3)27-21-13-19(6-7-20(21)24(29)30)28-11-12-34-22(14-28)16(2)33-4/h5-8,13,16,22H,9-12,14H2,1-4H3,(H2,25,31,32)/t16-,22+/m0/s1. The number of ether oxygens (including phenoxy) is 2. The molecule has 0 spiro atoms. The number of aromatic nitrogens is 3. The van der Waals surface area contributed by atoms with Crippen LogP contribution in [0.2, 0.25) is 0 Å². The van der Waals surface area contributed by atoms with Crippen LogP contribution >= 0.6 is 0 Å². The summed E-state index contributed by atoms with van der Waals surface area (Å²) >= 11 is 0. The molecule has 0 radical (unpaired) electrons. The van der Waals surface area contributed by atoms with Gasteiger partial charge in [0.15, 0.2) is 5.03 Å². The van der Waals surface area contributed by atoms with E-state index >= 15 is 0 Å². The zero-order chi connectivity index (χ0) is 25.3. The molecule has 10 nitrogen and oxygen atoms in total. The first kappa shape index (κ1) is 25.2. The minimum Gasteiger partial charge on any atom is -0.379 e. The van der Waals surface area contributed by atoms with E-state index in [1.54, 1.807) is 24.7 Å². The SMILES string of the molecule is CO[C@@H](C)[C@H]1CN(c2ccc3c(=O)n(CCc4ccc(S(N)(=O)=O)nc4C)c(C)nc3c2)CCO1. The zero-order valence-corrected chi connectivity index (χ0v) is 21.2. The summed E-state index contributed by atoms with van der Waals surface area (Å²) in [5.41, 5.74) is 2.94. The Hall–Kier alpha value is -2.86. The molecule has 1 aliphatic heterocycles. The van der Waals surface area contributed by atoms with Gasteiger partial charge in [0.2, 0.25) is 0 Å². The lowest BCUT2D eigenvalue weighted by atomic mass is 10.1. The number of primary sulfonamides is 1. The third-order valence-electron chi connectivity index (χ3n) is 6.55. The highest BCUT2D eigenvalue weighted by molar-refractivity contribution is 7.89. The molecule has 2 aromatic heterocycles. The number of morpholine rings is 1. The zero-order valence-electron chi connectivity index (χ0n) is 20.4. The summed E-state index contributed by atoms with van der Waals surface area (Å²) in [5, 5.41) is 5.54. The van der Waals surface area contributed by atoms with E-state index < -0.39 is 10.0 Å². The molecular formula is C24H31N5O5S. The van der Waals surface area contributed by atoms with Crippen molar-refractivity contribution < 1.29 is 17.9 Å². The quantitative estimate of drug-likeness (QED) is 0.516. The number of pyridine rings is 1. The van der Waals surface area contributed by atoms with E-state index in [2.05, 4.69) is 9.88 Å². The second kappa shape index (κ2) is 10.0. The number of hydrogen-bond acceptors (Lipinski definition) is 8. The van der Waals surface area contributed by atoms with Crippen LogP contribution in [-0.2, 0) is 32.5 Å². The average molecular weight is 502 g/mol. The third-order valence-corrected chi connectivity index (χ3v) is 7.36. The number of anilines is 1. The molecule has 1 saturated heterocycles. The van der Waals surface area contributed by atoms with Crippen LogP contribution in [0.3, 0.4) is 0 Å². The van der Waals surface area contributed by atoms with E-state index in [1.807, 2.05) is 32.0 Å². The van der Waals surface area contributed by atoms with Crippen LogP contribution in [0.5, 0.6) is 0 Å². The van der Waals surface area contributed by atoms with E-state index in [0.29, 0.717) is 48.5 Å². The lowest BCUT2D eigenvalue weighted by Gasteiger charge is -2.36. The Kier molecular flexibility index (Phi) is 7.22. The van der Waals surface area contributed by atoms with Gasteiger partial charge in [-0.15, -0.1) is 0 Å². The van der Waals surface area contributed by atoms with Crippen LogP contribution in [0.15, 0.2) is 40.2 Å². The number of benzene rings is 1. The van der Waals surface area contributed by atoms with Gasteiger partial charge in [-0.05, 0) is 57.0 Å². The fourth-order valence-electron chi connectivity index (χ4n) is 4.35. The molecule has 0 bridgehead atoms. The normalized spacial score (nSPS) is 17.6. The molecule has 11 heteroatoms. The maximum Gasteiger partial charge on any atom is 0.261 e. The maximum atomic E-state index is 13.3. The first-order chi connectivity index (χ1) is 16.6. The summed E-state index contributed by atoms with van der Waals surface area (Å²) in [5.74, 6) is 0.610. The topological polar surface area (TPSA) is 130 Å². The summed E-state index contributed by atoms with van der Waals surface area (Å²) in [6.45, 7) is 8.00. The number of hydrogen-bond donors (Lipinski definition) is 1. The minimum absolute atomic E-state index is 0.0134. The van der Waals surface area contributed by atoms with E-state index in [0.717, 1.165) is 17.8 Å². The van der Waals surface area contributed by atoms with E-state index in [1.165, 1.54) is 6.07 Å². The molecule has 35 heavy (non-hydrogen) atoms. The molecule has 188 valence electrons. The van der Waals surface area contributed by atoms with Crippen molar-refractivity contribution in [3.05, 3.63) is 57.8 Å². The molecule has 3 aromatic rings. The predicted octanol–water partition coefficient (Wildman–Crippen LogP) is 1.54. The first-order valence-corrected chi connectivity index (χ1v) is 13.0. The van der Waals surface area contributed by atoms with Gasteiger partial charge in [0.05, 0.1) is 23.6 Å². The Morgan fingerprint density at radius 2 is 2.00 bits per heavy atom. The lowest BCUT2D eigenvalue weighted by Crippen LogP contribution is -2.47. The van der Waals surface area contributed by atoms with Gasteiger partial charge in [-0.2, -0.15) is 0 Å². The fourth-order valence-corrected chi connectivity index (χ4v) is 4.87. The van der Waals surface area contributed by atoms with Crippen LogP contribution < -0.4 is 15.6 Å². The Balaban J connectivity index is 1.57. The monoisotopic (exact) mass is 501 g/mol. The van der Waals surface area contributed by atoms with Crippen molar-refractivity contribution in [1.82, 2.24) is 14.5 Å². The van der Waals surface area contributed by atoms with Crippen LogP contribution in [0.4, 0.5) is 5.69 Å². The Morgan fingerprint density at radius 1 is 1.23 bits per heavy atom. The van der Waals surface area contributed by atoms with Gasteiger partial charge < -0.3 is 14.4 Å². The van der Waals surface area contributed by atoms with E-state index in [-0.39, 0.29) is 22.8 Å². The number of aryl methyl sites for hydroxylation is 3. The Labute approximate surface area is 204 Å². The molecular weight excluding hydrogens is 470 g/mol. The van der Waals surface area contributed by atoms with Crippen LogP contribution in [0.1, 0.15) is 24.0 Å². The molecule has 4 rings (SSSR count). The van der Waals surface area contributed by atoms with Crippen molar-refractivity contribution in [3.63, 3.8) is 0 Å². The summed E-state index contributed by atoms with van der Waals surface area (Å²) in [7, 11) is -2.18. The molecule has 1 fully saturated rings. The highest BCUT2D eigenvalue weighted by atomic mass is 32.2. The van der Waals surface area contributed by atoms with Gasteiger partial charge in [-0.3, -0.25) is 9.36 Å². The van der Waals surface area contributed by atoms with Crippen molar-refractivity contribution in [3.8, 4) is 0 Å². The third kappa shape index (κ3) is 5.37. The number of rotatable bonds is 7. The second-order valence-electron chi connectivity index (χ2n) is 8.80.